The van der Waals surface area contributed by atoms with Crippen molar-refractivity contribution in [2.24, 2.45) is 5.73 Å². The number of nitrogens with two attached hydrogens (primary N) is 1. The molecule has 0 saturated heterocycles. The molecule has 1 heterocycles. The van der Waals surface area contributed by atoms with Gasteiger partial charge in [0.15, 0.2) is 0 Å². The topological polar surface area (TPSA) is 53.1 Å². The first-order valence-corrected chi connectivity index (χ1v) is 4.82. The Morgan fingerprint density at radius 2 is 2.20 bits per heavy atom. The zero-order chi connectivity index (χ0) is 10.5. The largest absolute Gasteiger partial charge is 0.490 e. The molecule has 2 N–H and O–H groups in total. The number of aromatic nitrogens is 2. The molecule has 2 aromatic rings. The zero-order valence-electron chi connectivity index (χ0n) is 8.34. The Morgan fingerprint density at radius 3 is 2.93 bits per heavy atom. The highest BCUT2D eigenvalue weighted by molar-refractivity contribution is 5.46. The molecule has 0 bridgehead atoms. The first kappa shape index (κ1) is 9.73. The van der Waals surface area contributed by atoms with Gasteiger partial charge in [-0.2, -0.15) is 0 Å². The minimum atomic E-state index is 0.512. The summed E-state index contributed by atoms with van der Waals surface area (Å²) in [5, 5.41) is 0. The quantitative estimate of drug-likeness (QED) is 0.812. The minimum absolute atomic E-state index is 0.512. The molecular formula is C11H13N3O. The third kappa shape index (κ3) is 2.16. The van der Waals surface area contributed by atoms with Gasteiger partial charge in [0.25, 0.3) is 0 Å². The fraction of sp³-hybridized carbons (Fsp3) is 0.182. The molecular weight excluding hydrogens is 190 g/mol. The molecule has 0 radical (unpaired) electrons. The molecule has 0 amide bonds. The van der Waals surface area contributed by atoms with Crippen molar-refractivity contribution in [2.75, 3.05) is 13.2 Å². The average Bonchev–Trinajstić information content (AvgIpc) is 2.80. The smallest absolute Gasteiger partial charge is 0.143 e. The number of hydrogen-bond donors (Lipinski definition) is 1. The summed E-state index contributed by atoms with van der Waals surface area (Å²) in [7, 11) is 0. The van der Waals surface area contributed by atoms with Gasteiger partial charge in [-0.05, 0) is 12.1 Å². The summed E-state index contributed by atoms with van der Waals surface area (Å²) >= 11 is 0. The number of hydrogen-bond acceptors (Lipinski definition) is 3. The predicted octanol–water partition coefficient (Wildman–Crippen LogP) is 1.21. The molecule has 2 rings (SSSR count). The van der Waals surface area contributed by atoms with E-state index in [0.717, 1.165) is 11.4 Å². The lowest BCUT2D eigenvalue weighted by molar-refractivity contribution is 0.327. The van der Waals surface area contributed by atoms with Crippen LogP contribution < -0.4 is 10.5 Å². The van der Waals surface area contributed by atoms with E-state index >= 15 is 0 Å². The van der Waals surface area contributed by atoms with Gasteiger partial charge in [-0.3, -0.25) is 0 Å². The van der Waals surface area contributed by atoms with Gasteiger partial charge >= 0.3 is 0 Å². The second-order valence-corrected chi connectivity index (χ2v) is 3.07. The van der Waals surface area contributed by atoms with Crippen molar-refractivity contribution in [3.8, 4) is 11.4 Å². The number of rotatable bonds is 4. The zero-order valence-corrected chi connectivity index (χ0v) is 8.34. The van der Waals surface area contributed by atoms with Crippen LogP contribution in [0.2, 0.25) is 0 Å². The third-order valence-corrected chi connectivity index (χ3v) is 2.02. The van der Waals surface area contributed by atoms with E-state index in [1.54, 1.807) is 12.5 Å². The lowest BCUT2D eigenvalue weighted by Crippen LogP contribution is -2.11. The van der Waals surface area contributed by atoms with Crippen molar-refractivity contribution in [3.05, 3.63) is 43.0 Å². The van der Waals surface area contributed by atoms with Crippen LogP contribution >= 0.6 is 0 Å². The van der Waals surface area contributed by atoms with Crippen molar-refractivity contribution in [1.29, 1.82) is 0 Å². The SMILES string of the molecule is NCCOc1ccccc1-n1ccnc1. The lowest BCUT2D eigenvalue weighted by Gasteiger charge is -2.10. The van der Waals surface area contributed by atoms with Crippen LogP contribution in [0, 0.1) is 0 Å². The number of nitrogens with zero attached hydrogens (tertiary/aromatic N) is 2. The van der Waals surface area contributed by atoms with Crippen molar-refractivity contribution in [2.45, 2.75) is 0 Å². The minimum Gasteiger partial charge on any atom is -0.490 e. The van der Waals surface area contributed by atoms with Crippen molar-refractivity contribution in [3.63, 3.8) is 0 Å². The van der Waals surface area contributed by atoms with Crippen LogP contribution in [0.15, 0.2) is 43.0 Å². The molecule has 4 heteroatoms. The standard InChI is InChI=1S/C11H13N3O/c12-5-8-15-11-4-2-1-3-10(11)14-7-6-13-9-14/h1-4,6-7,9H,5,8,12H2. The molecule has 1 aromatic carbocycles. The van der Waals surface area contributed by atoms with Crippen LogP contribution in [-0.4, -0.2) is 22.7 Å². The van der Waals surface area contributed by atoms with Gasteiger partial charge in [-0.1, -0.05) is 12.1 Å². The second-order valence-electron chi connectivity index (χ2n) is 3.07. The van der Waals surface area contributed by atoms with Crippen LogP contribution in [0.25, 0.3) is 5.69 Å². The number of ether oxygens (including phenoxy) is 1. The summed E-state index contributed by atoms with van der Waals surface area (Å²) < 4.78 is 7.45. The molecule has 1 aromatic heterocycles. The van der Waals surface area contributed by atoms with Gasteiger partial charge in [0.1, 0.15) is 12.4 Å². The highest BCUT2D eigenvalue weighted by Gasteiger charge is 2.03. The summed E-state index contributed by atoms with van der Waals surface area (Å²) in [6.07, 6.45) is 5.36. The fourth-order valence-electron chi connectivity index (χ4n) is 1.36. The Bertz CT molecular complexity index is 412. The summed E-state index contributed by atoms with van der Waals surface area (Å²) in [5.41, 5.74) is 6.38. The van der Waals surface area contributed by atoms with E-state index in [4.69, 9.17) is 10.5 Å². The summed E-state index contributed by atoms with van der Waals surface area (Å²) in [4.78, 5) is 4.00. The van der Waals surface area contributed by atoms with E-state index in [0.29, 0.717) is 13.2 Å². The fourth-order valence-corrected chi connectivity index (χ4v) is 1.36. The number of para-hydroxylation sites is 2. The number of imidazole rings is 1. The predicted molar refractivity (Wildman–Crippen MR) is 58.1 cm³/mol. The highest BCUT2D eigenvalue weighted by Crippen LogP contribution is 2.21. The number of benzene rings is 1. The average molecular weight is 203 g/mol. The summed E-state index contributed by atoms with van der Waals surface area (Å²) in [6, 6.07) is 7.80. The molecule has 4 nitrogen and oxygen atoms in total. The normalized spacial score (nSPS) is 10.2. The van der Waals surface area contributed by atoms with Gasteiger partial charge in [-0.25, -0.2) is 4.98 Å². The van der Waals surface area contributed by atoms with E-state index in [-0.39, 0.29) is 0 Å². The molecule has 78 valence electrons. The van der Waals surface area contributed by atoms with E-state index in [1.807, 2.05) is 35.0 Å². The van der Waals surface area contributed by atoms with Crippen LogP contribution in [0.5, 0.6) is 5.75 Å². The molecule has 0 fully saturated rings. The van der Waals surface area contributed by atoms with Crippen LogP contribution in [0.3, 0.4) is 0 Å². The maximum absolute atomic E-state index is 5.54. The van der Waals surface area contributed by atoms with Gasteiger partial charge in [-0.15, -0.1) is 0 Å². The van der Waals surface area contributed by atoms with Gasteiger partial charge < -0.3 is 15.0 Å². The molecule has 0 aliphatic carbocycles. The Morgan fingerprint density at radius 1 is 1.33 bits per heavy atom. The molecule has 0 unspecified atom stereocenters. The molecule has 0 aliphatic rings. The third-order valence-electron chi connectivity index (χ3n) is 2.02. The van der Waals surface area contributed by atoms with Crippen molar-refractivity contribution < 1.29 is 4.74 Å². The van der Waals surface area contributed by atoms with E-state index in [1.165, 1.54) is 0 Å². The first-order chi connectivity index (χ1) is 7.42. The van der Waals surface area contributed by atoms with Crippen LogP contribution in [-0.2, 0) is 0 Å². The van der Waals surface area contributed by atoms with Crippen LogP contribution in [0.1, 0.15) is 0 Å². The monoisotopic (exact) mass is 203 g/mol. The van der Waals surface area contributed by atoms with Crippen molar-refractivity contribution in [1.82, 2.24) is 9.55 Å². The summed E-state index contributed by atoms with van der Waals surface area (Å²) in [6.45, 7) is 1.03. The van der Waals surface area contributed by atoms with Gasteiger partial charge in [0.2, 0.25) is 0 Å². The Kier molecular flexibility index (Phi) is 2.99. The molecule has 0 saturated carbocycles. The first-order valence-electron chi connectivity index (χ1n) is 4.82. The van der Waals surface area contributed by atoms with E-state index in [9.17, 15) is 0 Å². The Balaban J connectivity index is 2.30. The maximum atomic E-state index is 5.54. The second kappa shape index (κ2) is 4.61. The van der Waals surface area contributed by atoms with Gasteiger partial charge in [0.05, 0.1) is 12.0 Å². The van der Waals surface area contributed by atoms with Gasteiger partial charge in [0, 0.05) is 18.9 Å². The molecule has 0 spiro atoms. The van der Waals surface area contributed by atoms with Crippen LogP contribution in [0.4, 0.5) is 0 Å². The summed E-state index contributed by atoms with van der Waals surface area (Å²) in [5.74, 6) is 0.820. The maximum Gasteiger partial charge on any atom is 0.143 e. The van der Waals surface area contributed by atoms with E-state index in [2.05, 4.69) is 4.98 Å². The molecule has 0 atom stereocenters. The Labute approximate surface area is 88.3 Å². The Hall–Kier alpha value is -1.81. The molecule has 15 heavy (non-hydrogen) atoms. The molecule has 0 aliphatic heterocycles. The van der Waals surface area contributed by atoms with Crippen molar-refractivity contribution >= 4 is 0 Å². The lowest BCUT2D eigenvalue weighted by atomic mass is 10.3. The van der Waals surface area contributed by atoms with E-state index < -0.39 is 0 Å². The highest BCUT2D eigenvalue weighted by atomic mass is 16.5.